The highest BCUT2D eigenvalue weighted by molar-refractivity contribution is 5.43. The van der Waals surface area contributed by atoms with Crippen LogP contribution in [0.25, 0.3) is 0 Å². The highest BCUT2D eigenvalue weighted by atomic mass is 16.5. The van der Waals surface area contributed by atoms with Crippen molar-refractivity contribution in [3.05, 3.63) is 35.9 Å². The Balaban J connectivity index is 2.18. The van der Waals surface area contributed by atoms with Crippen LogP contribution in [0.15, 0.2) is 30.4 Å². The van der Waals surface area contributed by atoms with Crippen molar-refractivity contribution < 1.29 is 14.6 Å². The van der Waals surface area contributed by atoms with Gasteiger partial charge in [-0.2, -0.15) is 0 Å². The van der Waals surface area contributed by atoms with Crippen LogP contribution in [0.4, 0.5) is 0 Å². The van der Waals surface area contributed by atoms with E-state index in [4.69, 9.17) is 9.47 Å². The van der Waals surface area contributed by atoms with Gasteiger partial charge in [-0.15, -0.1) is 0 Å². The number of hydrogen-bond donors (Lipinski definition) is 1. The number of aliphatic hydroxyl groups excluding tert-OH is 1. The zero-order chi connectivity index (χ0) is 14.4. The van der Waals surface area contributed by atoms with Gasteiger partial charge in [0.2, 0.25) is 0 Å². The van der Waals surface area contributed by atoms with Crippen LogP contribution in [0.5, 0.6) is 11.5 Å². The highest BCUT2D eigenvalue weighted by Crippen LogP contribution is 2.36. The molecule has 0 spiro atoms. The van der Waals surface area contributed by atoms with Crippen LogP contribution < -0.4 is 9.47 Å². The summed E-state index contributed by atoms with van der Waals surface area (Å²) in [6.07, 6.45) is 6.95. The van der Waals surface area contributed by atoms with Crippen molar-refractivity contribution >= 4 is 0 Å². The smallest absolute Gasteiger partial charge is 0.161 e. The normalized spacial score (nSPS) is 19.6. The van der Waals surface area contributed by atoms with Crippen molar-refractivity contribution in [2.45, 2.75) is 39.2 Å². The molecule has 0 heterocycles. The van der Waals surface area contributed by atoms with E-state index in [1.807, 2.05) is 32.0 Å². The van der Waals surface area contributed by atoms with Crippen LogP contribution in [0, 0.1) is 5.92 Å². The lowest BCUT2D eigenvalue weighted by molar-refractivity contribution is 0.102. The summed E-state index contributed by atoms with van der Waals surface area (Å²) < 4.78 is 11.2. The van der Waals surface area contributed by atoms with Gasteiger partial charge in [0.15, 0.2) is 11.5 Å². The summed E-state index contributed by atoms with van der Waals surface area (Å²) in [6, 6.07) is 5.75. The number of aliphatic hydroxyl groups is 1. The molecular weight excluding hydrogens is 252 g/mol. The molecule has 1 aromatic rings. The molecule has 2 rings (SSSR count). The van der Waals surface area contributed by atoms with Crippen molar-refractivity contribution in [3.8, 4) is 11.5 Å². The largest absolute Gasteiger partial charge is 0.490 e. The summed E-state index contributed by atoms with van der Waals surface area (Å²) in [5.74, 6) is 1.76. The summed E-state index contributed by atoms with van der Waals surface area (Å²) in [5.41, 5.74) is 0.914. The van der Waals surface area contributed by atoms with Gasteiger partial charge in [-0.3, -0.25) is 0 Å². The van der Waals surface area contributed by atoms with Gasteiger partial charge in [0.1, 0.15) is 0 Å². The molecule has 1 aliphatic carbocycles. The van der Waals surface area contributed by atoms with Gasteiger partial charge < -0.3 is 14.6 Å². The lowest BCUT2D eigenvalue weighted by Gasteiger charge is -2.24. The first kappa shape index (κ1) is 14.9. The lowest BCUT2D eigenvalue weighted by Crippen LogP contribution is -2.14. The fourth-order valence-corrected chi connectivity index (χ4v) is 2.63. The molecule has 0 amide bonds. The molecule has 0 bridgehead atoms. The minimum atomic E-state index is -0.435. The first-order valence-corrected chi connectivity index (χ1v) is 7.48. The average Bonchev–Trinajstić information content (AvgIpc) is 2.50. The number of hydrogen-bond acceptors (Lipinski definition) is 3. The molecule has 2 unspecified atom stereocenters. The van der Waals surface area contributed by atoms with E-state index >= 15 is 0 Å². The maximum atomic E-state index is 10.5. The van der Waals surface area contributed by atoms with Crippen LogP contribution in [0.2, 0.25) is 0 Å². The Morgan fingerprint density at radius 1 is 1.15 bits per heavy atom. The van der Waals surface area contributed by atoms with Crippen molar-refractivity contribution in [1.29, 1.82) is 0 Å². The number of benzene rings is 1. The molecule has 2 atom stereocenters. The molecule has 0 radical (unpaired) electrons. The molecule has 0 saturated carbocycles. The maximum absolute atomic E-state index is 10.5. The SMILES string of the molecule is CCOc1ccc(C(O)C2CC=CCC2)cc1OCC. The molecule has 1 aliphatic rings. The van der Waals surface area contributed by atoms with E-state index in [0.29, 0.717) is 19.1 Å². The molecule has 0 aliphatic heterocycles. The van der Waals surface area contributed by atoms with Crippen molar-refractivity contribution in [2.24, 2.45) is 5.92 Å². The van der Waals surface area contributed by atoms with E-state index in [9.17, 15) is 5.11 Å². The summed E-state index contributed by atoms with van der Waals surface area (Å²) in [5, 5.41) is 10.5. The lowest BCUT2D eigenvalue weighted by atomic mass is 9.86. The third-order valence-corrected chi connectivity index (χ3v) is 3.67. The number of rotatable bonds is 6. The van der Waals surface area contributed by atoms with E-state index in [1.165, 1.54) is 0 Å². The number of allylic oxidation sites excluding steroid dienone is 2. The predicted octanol–water partition coefficient (Wildman–Crippen LogP) is 3.87. The van der Waals surface area contributed by atoms with Crippen LogP contribution in [0.3, 0.4) is 0 Å². The van der Waals surface area contributed by atoms with Gasteiger partial charge in [0.05, 0.1) is 19.3 Å². The van der Waals surface area contributed by atoms with Crippen LogP contribution in [-0.4, -0.2) is 18.3 Å². The Morgan fingerprint density at radius 2 is 1.90 bits per heavy atom. The van der Waals surface area contributed by atoms with Crippen molar-refractivity contribution in [2.75, 3.05) is 13.2 Å². The molecule has 0 fully saturated rings. The predicted molar refractivity (Wildman–Crippen MR) is 80.2 cm³/mol. The van der Waals surface area contributed by atoms with Crippen molar-refractivity contribution in [1.82, 2.24) is 0 Å². The standard InChI is InChI=1S/C17H24O3/c1-3-19-15-11-10-14(12-16(15)20-4-2)17(18)13-8-6-5-7-9-13/h5-6,10-13,17-18H,3-4,7-9H2,1-2H3. The minimum absolute atomic E-state index is 0.299. The van der Waals surface area contributed by atoms with E-state index in [-0.39, 0.29) is 0 Å². The topological polar surface area (TPSA) is 38.7 Å². The summed E-state index contributed by atoms with van der Waals surface area (Å²) in [6.45, 7) is 5.10. The Kier molecular flexibility index (Phi) is 5.48. The molecular formula is C17H24O3. The maximum Gasteiger partial charge on any atom is 0.161 e. The fourth-order valence-electron chi connectivity index (χ4n) is 2.63. The molecule has 20 heavy (non-hydrogen) atoms. The Morgan fingerprint density at radius 3 is 2.55 bits per heavy atom. The number of ether oxygens (including phenoxy) is 2. The second kappa shape index (κ2) is 7.34. The van der Waals surface area contributed by atoms with E-state index in [2.05, 4.69) is 12.2 Å². The Bertz CT molecular complexity index is 454. The molecule has 1 aromatic carbocycles. The van der Waals surface area contributed by atoms with Gasteiger partial charge in [-0.1, -0.05) is 18.2 Å². The first-order chi connectivity index (χ1) is 9.76. The van der Waals surface area contributed by atoms with Gasteiger partial charge in [0, 0.05) is 0 Å². The quantitative estimate of drug-likeness (QED) is 0.801. The summed E-state index contributed by atoms with van der Waals surface area (Å²) >= 11 is 0. The zero-order valence-corrected chi connectivity index (χ0v) is 12.3. The van der Waals surface area contributed by atoms with Crippen molar-refractivity contribution in [3.63, 3.8) is 0 Å². The van der Waals surface area contributed by atoms with Crippen LogP contribution in [0.1, 0.15) is 44.8 Å². The van der Waals surface area contributed by atoms with Gasteiger partial charge >= 0.3 is 0 Å². The zero-order valence-electron chi connectivity index (χ0n) is 12.3. The van der Waals surface area contributed by atoms with Crippen LogP contribution >= 0.6 is 0 Å². The van der Waals surface area contributed by atoms with E-state index in [1.54, 1.807) is 0 Å². The summed E-state index contributed by atoms with van der Waals surface area (Å²) in [4.78, 5) is 0. The monoisotopic (exact) mass is 276 g/mol. The summed E-state index contributed by atoms with van der Waals surface area (Å²) in [7, 11) is 0. The van der Waals surface area contributed by atoms with Gasteiger partial charge in [0.25, 0.3) is 0 Å². The molecule has 0 aromatic heterocycles. The molecule has 0 saturated heterocycles. The second-order valence-corrected chi connectivity index (χ2v) is 5.06. The molecule has 110 valence electrons. The van der Waals surface area contributed by atoms with E-state index in [0.717, 1.165) is 36.3 Å². The molecule has 1 N–H and O–H groups in total. The first-order valence-electron chi connectivity index (χ1n) is 7.48. The second-order valence-electron chi connectivity index (χ2n) is 5.06. The Hall–Kier alpha value is -1.48. The Labute approximate surface area is 121 Å². The third kappa shape index (κ3) is 3.54. The van der Waals surface area contributed by atoms with Crippen LogP contribution in [-0.2, 0) is 0 Å². The highest BCUT2D eigenvalue weighted by Gasteiger charge is 2.22. The van der Waals surface area contributed by atoms with E-state index < -0.39 is 6.10 Å². The average molecular weight is 276 g/mol. The molecule has 3 nitrogen and oxygen atoms in total. The fraction of sp³-hybridized carbons (Fsp3) is 0.529. The van der Waals surface area contributed by atoms with Gasteiger partial charge in [-0.25, -0.2) is 0 Å². The molecule has 3 heteroatoms. The third-order valence-electron chi connectivity index (χ3n) is 3.67. The van der Waals surface area contributed by atoms with Gasteiger partial charge in [-0.05, 0) is 56.7 Å². The minimum Gasteiger partial charge on any atom is -0.490 e.